The molecule has 0 aromatic carbocycles. The first-order valence-corrected chi connectivity index (χ1v) is 3.55. The smallest absolute Gasteiger partial charge is 0.338 e. The van der Waals surface area contributed by atoms with Crippen LogP contribution in [-0.2, 0) is 6.54 Å². The maximum absolute atomic E-state index is 10.4. The van der Waals surface area contributed by atoms with E-state index in [0.717, 1.165) is 0 Å². The Balaban J connectivity index is 2.71. The molecular weight excluding hydrogens is 158 g/mol. The maximum Gasteiger partial charge on any atom is 0.338 e. The highest BCUT2D eigenvalue weighted by atomic mass is 16.4. The summed E-state index contributed by atoms with van der Waals surface area (Å²) < 4.78 is 5.01. The van der Waals surface area contributed by atoms with Crippen molar-refractivity contribution in [2.24, 2.45) is 0 Å². The summed E-state index contributed by atoms with van der Waals surface area (Å²) in [4.78, 5) is 12.3. The third kappa shape index (κ3) is 2.10. The minimum atomic E-state index is -0.955. The molecule has 0 spiro atoms. The van der Waals surface area contributed by atoms with Crippen LogP contribution in [0, 0.1) is 0 Å². The lowest BCUT2D eigenvalue weighted by molar-refractivity contribution is 0.0696. The number of carbonyl (C=O) groups is 1. The fraction of sp³-hybridized carbons (Fsp3) is 0.375. The highest BCUT2D eigenvalue weighted by molar-refractivity contribution is 5.87. The summed E-state index contributed by atoms with van der Waals surface area (Å²) in [6.45, 7) is 0.618. The van der Waals surface area contributed by atoms with Crippen LogP contribution in [-0.4, -0.2) is 30.1 Å². The van der Waals surface area contributed by atoms with Gasteiger partial charge in [-0.25, -0.2) is 4.79 Å². The Morgan fingerprint density at radius 1 is 1.67 bits per heavy atom. The lowest BCUT2D eigenvalue weighted by atomic mass is 10.3. The van der Waals surface area contributed by atoms with Gasteiger partial charge in [0.25, 0.3) is 0 Å². The number of hydrogen-bond donors (Lipinski definition) is 1. The van der Waals surface area contributed by atoms with E-state index >= 15 is 0 Å². The summed E-state index contributed by atoms with van der Waals surface area (Å²) in [6.07, 6.45) is 1.25. The Hall–Kier alpha value is -1.29. The van der Waals surface area contributed by atoms with E-state index in [0.29, 0.717) is 12.3 Å². The first-order valence-electron chi connectivity index (χ1n) is 3.55. The first kappa shape index (κ1) is 8.80. The molecular formula is C8H11NO3. The van der Waals surface area contributed by atoms with Crippen molar-refractivity contribution in [2.75, 3.05) is 14.1 Å². The fourth-order valence-corrected chi connectivity index (χ4v) is 0.887. The van der Waals surface area contributed by atoms with Crippen LogP contribution in [0.5, 0.6) is 0 Å². The van der Waals surface area contributed by atoms with Crippen molar-refractivity contribution in [2.45, 2.75) is 6.54 Å². The topological polar surface area (TPSA) is 53.7 Å². The molecule has 0 aliphatic carbocycles. The molecule has 0 amide bonds. The zero-order valence-corrected chi connectivity index (χ0v) is 7.07. The van der Waals surface area contributed by atoms with Crippen LogP contribution in [0.15, 0.2) is 16.7 Å². The van der Waals surface area contributed by atoms with Crippen molar-refractivity contribution in [3.05, 3.63) is 23.7 Å². The number of nitrogens with zero attached hydrogens (tertiary/aromatic N) is 1. The van der Waals surface area contributed by atoms with Crippen LogP contribution in [0.3, 0.4) is 0 Å². The quantitative estimate of drug-likeness (QED) is 0.734. The van der Waals surface area contributed by atoms with Gasteiger partial charge in [-0.2, -0.15) is 0 Å². The van der Waals surface area contributed by atoms with Crippen molar-refractivity contribution in [1.82, 2.24) is 4.90 Å². The largest absolute Gasteiger partial charge is 0.478 e. The van der Waals surface area contributed by atoms with Crippen LogP contribution in [0.4, 0.5) is 0 Å². The molecule has 0 unspecified atom stereocenters. The van der Waals surface area contributed by atoms with Gasteiger partial charge in [0.05, 0.1) is 12.1 Å². The lowest BCUT2D eigenvalue weighted by Crippen LogP contribution is -2.09. The normalized spacial score (nSPS) is 10.6. The minimum Gasteiger partial charge on any atom is -0.478 e. The summed E-state index contributed by atoms with van der Waals surface area (Å²) in [7, 11) is 3.78. The van der Waals surface area contributed by atoms with Crippen LogP contribution < -0.4 is 0 Å². The van der Waals surface area contributed by atoms with Crippen molar-refractivity contribution in [1.29, 1.82) is 0 Å². The summed E-state index contributed by atoms with van der Waals surface area (Å²) in [5, 5.41) is 8.56. The molecule has 1 aromatic heterocycles. The SMILES string of the molecule is CN(C)Cc1cc(C(=O)O)co1. The van der Waals surface area contributed by atoms with Crippen LogP contribution in [0.2, 0.25) is 0 Å². The minimum absolute atomic E-state index is 0.201. The summed E-state index contributed by atoms with van der Waals surface area (Å²) in [6, 6.07) is 1.53. The number of furan rings is 1. The van der Waals surface area contributed by atoms with Gasteiger partial charge in [0.15, 0.2) is 0 Å². The van der Waals surface area contributed by atoms with Gasteiger partial charge in [-0.05, 0) is 20.2 Å². The molecule has 0 aliphatic heterocycles. The number of rotatable bonds is 3. The Morgan fingerprint density at radius 2 is 2.33 bits per heavy atom. The molecule has 0 radical (unpaired) electrons. The van der Waals surface area contributed by atoms with Gasteiger partial charge in [-0.15, -0.1) is 0 Å². The van der Waals surface area contributed by atoms with E-state index in [4.69, 9.17) is 9.52 Å². The molecule has 1 heterocycles. The van der Waals surface area contributed by atoms with Gasteiger partial charge in [0, 0.05) is 0 Å². The molecule has 66 valence electrons. The number of hydrogen-bond acceptors (Lipinski definition) is 3. The zero-order valence-electron chi connectivity index (χ0n) is 7.07. The Morgan fingerprint density at radius 3 is 2.75 bits per heavy atom. The number of carboxylic acids is 1. The van der Waals surface area contributed by atoms with E-state index in [2.05, 4.69) is 0 Å². The monoisotopic (exact) mass is 169 g/mol. The third-order valence-corrected chi connectivity index (χ3v) is 1.37. The molecule has 0 atom stereocenters. The van der Waals surface area contributed by atoms with Crippen molar-refractivity contribution < 1.29 is 14.3 Å². The van der Waals surface area contributed by atoms with Crippen molar-refractivity contribution >= 4 is 5.97 Å². The summed E-state index contributed by atoms with van der Waals surface area (Å²) in [5.74, 6) is -0.291. The molecule has 0 aliphatic rings. The second-order valence-corrected chi connectivity index (χ2v) is 2.84. The van der Waals surface area contributed by atoms with Crippen molar-refractivity contribution in [3.8, 4) is 0 Å². The zero-order chi connectivity index (χ0) is 9.14. The molecule has 12 heavy (non-hydrogen) atoms. The maximum atomic E-state index is 10.4. The number of carboxylic acid groups (broad SMARTS) is 1. The lowest BCUT2D eigenvalue weighted by Gasteiger charge is -2.04. The van der Waals surface area contributed by atoms with E-state index < -0.39 is 5.97 Å². The van der Waals surface area contributed by atoms with Gasteiger partial charge in [-0.3, -0.25) is 0 Å². The molecule has 4 nitrogen and oxygen atoms in total. The average Bonchev–Trinajstić information content (AvgIpc) is 2.34. The molecule has 1 N–H and O–H groups in total. The van der Waals surface area contributed by atoms with E-state index in [-0.39, 0.29) is 5.56 Å². The van der Waals surface area contributed by atoms with Crippen molar-refractivity contribution in [3.63, 3.8) is 0 Å². The van der Waals surface area contributed by atoms with E-state index in [1.807, 2.05) is 19.0 Å². The van der Waals surface area contributed by atoms with E-state index in [1.165, 1.54) is 12.3 Å². The van der Waals surface area contributed by atoms with Gasteiger partial charge < -0.3 is 14.4 Å². The third-order valence-electron chi connectivity index (χ3n) is 1.37. The molecule has 0 saturated carbocycles. The molecule has 0 bridgehead atoms. The van der Waals surface area contributed by atoms with E-state index in [9.17, 15) is 4.79 Å². The second-order valence-electron chi connectivity index (χ2n) is 2.84. The Kier molecular flexibility index (Phi) is 2.50. The summed E-state index contributed by atoms with van der Waals surface area (Å²) >= 11 is 0. The molecule has 4 heteroatoms. The highest BCUT2D eigenvalue weighted by Crippen LogP contribution is 2.08. The van der Waals surface area contributed by atoms with E-state index in [1.54, 1.807) is 0 Å². The number of aromatic carboxylic acids is 1. The molecule has 1 rings (SSSR count). The highest BCUT2D eigenvalue weighted by Gasteiger charge is 2.07. The van der Waals surface area contributed by atoms with Gasteiger partial charge in [-0.1, -0.05) is 0 Å². The predicted octanol–water partition coefficient (Wildman–Crippen LogP) is 1.04. The average molecular weight is 169 g/mol. The van der Waals surface area contributed by atoms with Crippen LogP contribution in [0.1, 0.15) is 16.1 Å². The summed E-state index contributed by atoms with van der Waals surface area (Å²) in [5.41, 5.74) is 0.201. The molecule has 1 aromatic rings. The molecule has 0 saturated heterocycles. The Labute approximate surface area is 70.4 Å². The van der Waals surface area contributed by atoms with Gasteiger partial charge in [0.2, 0.25) is 0 Å². The standard InChI is InChI=1S/C8H11NO3/c1-9(2)4-7-3-6(5-12-7)8(10)11/h3,5H,4H2,1-2H3,(H,10,11). The predicted molar refractivity (Wildman–Crippen MR) is 43.1 cm³/mol. The first-order chi connectivity index (χ1) is 5.59. The van der Waals surface area contributed by atoms with Gasteiger partial charge >= 0.3 is 5.97 Å². The van der Waals surface area contributed by atoms with Crippen LogP contribution in [0.25, 0.3) is 0 Å². The van der Waals surface area contributed by atoms with Crippen LogP contribution >= 0.6 is 0 Å². The second kappa shape index (κ2) is 3.40. The van der Waals surface area contributed by atoms with Gasteiger partial charge in [0.1, 0.15) is 12.0 Å². The fourth-order valence-electron chi connectivity index (χ4n) is 0.887. The Bertz CT molecular complexity index is 278. The molecule has 0 fully saturated rings.